The van der Waals surface area contributed by atoms with E-state index in [-0.39, 0.29) is 0 Å². The zero-order chi connectivity index (χ0) is 13.3. The lowest BCUT2D eigenvalue weighted by atomic mass is 9.95. The van der Waals surface area contributed by atoms with Gasteiger partial charge < -0.3 is 9.55 Å². The Hall–Kier alpha value is -0.800. The molecule has 98 valence electrons. The van der Waals surface area contributed by atoms with E-state index in [0.29, 0.717) is 12.0 Å². The Morgan fingerprint density at radius 3 is 2.61 bits per heavy atom. The molecule has 0 fully saturated rings. The molecule has 2 rings (SSSR count). The molecule has 0 aliphatic heterocycles. The second-order valence-electron chi connectivity index (χ2n) is 4.78. The predicted octanol–water partition coefficient (Wildman–Crippen LogP) is 5.35. The predicted molar refractivity (Wildman–Crippen MR) is 80.9 cm³/mol. The fourth-order valence-corrected chi connectivity index (χ4v) is 3.22. The molecule has 2 aromatic rings. The number of benzene rings is 1. The van der Waals surface area contributed by atoms with E-state index in [1.807, 2.05) is 18.2 Å². The molecular weight excluding hydrogens is 264 g/mol. The Morgan fingerprint density at radius 1 is 1.33 bits per heavy atom. The van der Waals surface area contributed by atoms with E-state index in [1.54, 1.807) is 0 Å². The van der Waals surface area contributed by atoms with Gasteiger partial charge in [-0.3, -0.25) is 0 Å². The van der Waals surface area contributed by atoms with Gasteiger partial charge in [0.15, 0.2) is 4.77 Å². The summed E-state index contributed by atoms with van der Waals surface area (Å²) >= 11 is 11.5. The molecule has 18 heavy (non-hydrogen) atoms. The van der Waals surface area contributed by atoms with Crippen LogP contribution < -0.4 is 0 Å². The first-order valence-corrected chi connectivity index (χ1v) is 7.26. The first kappa shape index (κ1) is 13.6. The van der Waals surface area contributed by atoms with Crippen LogP contribution in [0.15, 0.2) is 18.2 Å². The van der Waals surface area contributed by atoms with Gasteiger partial charge in [0.2, 0.25) is 0 Å². The van der Waals surface area contributed by atoms with Gasteiger partial charge in [-0.05, 0) is 43.3 Å². The number of fused-ring (bicyclic) bond motifs is 1. The van der Waals surface area contributed by atoms with Crippen LogP contribution in [0.3, 0.4) is 0 Å². The Balaban J connectivity index is 2.59. The highest BCUT2D eigenvalue weighted by molar-refractivity contribution is 7.71. The lowest BCUT2D eigenvalue weighted by Crippen LogP contribution is -2.15. The molecule has 2 nitrogen and oxygen atoms in total. The molecule has 1 N–H and O–H groups in total. The molecule has 0 aliphatic carbocycles. The first-order chi connectivity index (χ1) is 8.58. The van der Waals surface area contributed by atoms with E-state index >= 15 is 0 Å². The fourth-order valence-electron chi connectivity index (χ4n) is 2.68. The molecule has 1 aromatic heterocycles. The minimum absolute atomic E-state index is 0.389. The van der Waals surface area contributed by atoms with Gasteiger partial charge in [0.25, 0.3) is 0 Å². The maximum Gasteiger partial charge on any atom is 0.178 e. The van der Waals surface area contributed by atoms with Crippen molar-refractivity contribution in [3.8, 4) is 0 Å². The van der Waals surface area contributed by atoms with Crippen LogP contribution in [0.25, 0.3) is 11.0 Å². The van der Waals surface area contributed by atoms with E-state index < -0.39 is 0 Å². The van der Waals surface area contributed by atoms with Gasteiger partial charge in [-0.2, -0.15) is 0 Å². The molecule has 0 bridgehead atoms. The Morgan fingerprint density at radius 2 is 2.00 bits per heavy atom. The van der Waals surface area contributed by atoms with Crippen LogP contribution >= 0.6 is 23.8 Å². The van der Waals surface area contributed by atoms with Crippen LogP contribution in [0, 0.1) is 10.7 Å². The topological polar surface area (TPSA) is 20.7 Å². The summed E-state index contributed by atoms with van der Waals surface area (Å²) in [6.07, 6.45) is 2.32. The third-order valence-electron chi connectivity index (χ3n) is 3.82. The van der Waals surface area contributed by atoms with Crippen LogP contribution in [0.1, 0.15) is 39.7 Å². The largest absolute Gasteiger partial charge is 0.331 e. The summed E-state index contributed by atoms with van der Waals surface area (Å²) in [4.78, 5) is 3.26. The number of aromatic nitrogens is 2. The molecule has 0 aliphatic rings. The third kappa shape index (κ3) is 2.34. The van der Waals surface area contributed by atoms with Crippen molar-refractivity contribution >= 4 is 34.9 Å². The number of hydrogen-bond acceptors (Lipinski definition) is 1. The summed E-state index contributed by atoms with van der Waals surface area (Å²) in [5, 5.41) is 0.752. The Labute approximate surface area is 118 Å². The number of halogens is 1. The van der Waals surface area contributed by atoms with Gasteiger partial charge >= 0.3 is 0 Å². The molecular formula is C14H19ClN2S. The molecule has 1 heterocycles. The van der Waals surface area contributed by atoms with Crippen LogP contribution in [0.4, 0.5) is 0 Å². The highest BCUT2D eigenvalue weighted by Gasteiger charge is 2.18. The van der Waals surface area contributed by atoms with Gasteiger partial charge in [-0.1, -0.05) is 38.3 Å². The summed E-state index contributed by atoms with van der Waals surface area (Å²) in [5.41, 5.74) is 2.16. The van der Waals surface area contributed by atoms with Crippen molar-refractivity contribution in [3.63, 3.8) is 0 Å². The highest BCUT2D eigenvalue weighted by atomic mass is 35.5. The quantitative estimate of drug-likeness (QED) is 0.750. The fraction of sp³-hybridized carbons (Fsp3) is 0.500. The van der Waals surface area contributed by atoms with Gasteiger partial charge in [-0.25, -0.2) is 0 Å². The van der Waals surface area contributed by atoms with Crippen molar-refractivity contribution in [3.05, 3.63) is 28.0 Å². The van der Waals surface area contributed by atoms with E-state index in [1.165, 1.54) is 0 Å². The molecule has 4 heteroatoms. The van der Waals surface area contributed by atoms with Crippen molar-refractivity contribution in [2.75, 3.05) is 0 Å². The van der Waals surface area contributed by atoms with Crippen LogP contribution in [-0.2, 0) is 0 Å². The Kier molecular flexibility index (Phi) is 4.13. The zero-order valence-corrected chi connectivity index (χ0v) is 12.6. The standard InChI is InChI=1S/C14H19ClN2S/c1-4-10(5-2)9(3)17-13-8-11(15)6-7-12(13)16-14(17)18/h6-10H,4-5H2,1-3H3,(H,16,18). The van der Waals surface area contributed by atoms with Crippen molar-refractivity contribution in [1.82, 2.24) is 9.55 Å². The summed E-state index contributed by atoms with van der Waals surface area (Å²) in [7, 11) is 0. The molecule has 0 radical (unpaired) electrons. The van der Waals surface area contributed by atoms with Gasteiger partial charge in [-0.15, -0.1) is 0 Å². The van der Waals surface area contributed by atoms with E-state index in [0.717, 1.165) is 33.7 Å². The third-order valence-corrected chi connectivity index (χ3v) is 4.35. The van der Waals surface area contributed by atoms with Crippen molar-refractivity contribution in [1.29, 1.82) is 0 Å². The maximum atomic E-state index is 6.09. The summed E-state index contributed by atoms with van der Waals surface area (Å²) < 4.78 is 2.99. The zero-order valence-electron chi connectivity index (χ0n) is 11.0. The molecule has 0 saturated carbocycles. The number of nitrogens with one attached hydrogen (secondary N) is 1. The lowest BCUT2D eigenvalue weighted by molar-refractivity contribution is 0.337. The monoisotopic (exact) mass is 282 g/mol. The van der Waals surface area contributed by atoms with Crippen molar-refractivity contribution in [2.24, 2.45) is 5.92 Å². The number of imidazole rings is 1. The van der Waals surface area contributed by atoms with E-state index in [2.05, 4.69) is 30.3 Å². The number of H-pyrrole nitrogens is 1. The SMILES string of the molecule is CCC(CC)C(C)n1c(=S)[nH]c2ccc(Cl)cc21. The van der Waals surface area contributed by atoms with Crippen molar-refractivity contribution < 1.29 is 0 Å². The number of hydrogen-bond donors (Lipinski definition) is 1. The molecule has 0 spiro atoms. The number of aromatic amines is 1. The molecule has 0 saturated heterocycles. The highest BCUT2D eigenvalue weighted by Crippen LogP contribution is 2.29. The second-order valence-corrected chi connectivity index (χ2v) is 5.60. The molecule has 1 atom stereocenters. The van der Waals surface area contributed by atoms with Crippen LogP contribution in [0.2, 0.25) is 5.02 Å². The number of rotatable bonds is 4. The van der Waals surface area contributed by atoms with E-state index in [9.17, 15) is 0 Å². The van der Waals surface area contributed by atoms with Gasteiger partial charge in [0, 0.05) is 11.1 Å². The molecule has 1 aromatic carbocycles. The van der Waals surface area contributed by atoms with Crippen LogP contribution in [-0.4, -0.2) is 9.55 Å². The normalized spacial score (nSPS) is 13.4. The maximum absolute atomic E-state index is 6.09. The minimum Gasteiger partial charge on any atom is -0.331 e. The summed E-state index contributed by atoms with van der Waals surface area (Å²) in [6, 6.07) is 6.26. The second kappa shape index (κ2) is 5.45. The minimum atomic E-state index is 0.389. The van der Waals surface area contributed by atoms with E-state index in [4.69, 9.17) is 23.8 Å². The summed E-state index contributed by atoms with van der Waals surface area (Å²) in [5.74, 6) is 0.634. The average molecular weight is 283 g/mol. The molecule has 0 amide bonds. The van der Waals surface area contributed by atoms with Crippen molar-refractivity contribution in [2.45, 2.75) is 39.7 Å². The summed E-state index contributed by atoms with van der Waals surface area (Å²) in [6.45, 7) is 6.70. The average Bonchev–Trinajstić information content (AvgIpc) is 2.65. The number of nitrogens with zero attached hydrogens (tertiary/aromatic N) is 1. The van der Waals surface area contributed by atoms with Gasteiger partial charge in [0.05, 0.1) is 11.0 Å². The first-order valence-electron chi connectivity index (χ1n) is 6.48. The Bertz CT molecular complexity index is 595. The lowest BCUT2D eigenvalue weighted by Gasteiger charge is -2.23. The molecule has 1 unspecified atom stereocenters. The smallest absolute Gasteiger partial charge is 0.178 e. The van der Waals surface area contributed by atoms with Gasteiger partial charge in [0.1, 0.15) is 0 Å². The van der Waals surface area contributed by atoms with Crippen LogP contribution in [0.5, 0.6) is 0 Å².